The zero-order valence-corrected chi connectivity index (χ0v) is 16.9. The van der Waals surface area contributed by atoms with Crippen LogP contribution in [0.2, 0.25) is 10.0 Å². The number of imide groups is 1. The lowest BCUT2D eigenvalue weighted by Crippen LogP contribution is -2.35. The van der Waals surface area contributed by atoms with Crippen LogP contribution in [0.25, 0.3) is 11.1 Å². The van der Waals surface area contributed by atoms with E-state index in [0.717, 1.165) is 23.8 Å². The van der Waals surface area contributed by atoms with Gasteiger partial charge in [0.25, 0.3) is 5.91 Å². The second-order valence-corrected chi connectivity index (χ2v) is 6.86. The molecule has 0 bridgehead atoms. The van der Waals surface area contributed by atoms with Crippen LogP contribution in [0.4, 0.5) is 19.3 Å². The maximum atomic E-state index is 13.7. The number of hydrogen-bond acceptors (Lipinski definition) is 3. The predicted octanol–water partition coefficient (Wildman–Crippen LogP) is 5.91. The molecular formula is C21H14Cl2F2N2O3. The van der Waals surface area contributed by atoms with E-state index in [4.69, 9.17) is 27.9 Å². The molecule has 9 heteroatoms. The number of benzene rings is 3. The van der Waals surface area contributed by atoms with Gasteiger partial charge in [-0.15, -0.1) is 0 Å². The fourth-order valence-corrected chi connectivity index (χ4v) is 3.01. The molecule has 0 aliphatic carbocycles. The number of hydrogen-bond donors (Lipinski definition) is 2. The molecule has 0 unspecified atom stereocenters. The molecule has 2 N–H and O–H groups in total. The van der Waals surface area contributed by atoms with Crippen LogP contribution >= 0.6 is 23.2 Å². The second kappa shape index (κ2) is 9.11. The molecule has 30 heavy (non-hydrogen) atoms. The molecule has 0 saturated heterocycles. The average Bonchev–Trinajstić information content (AvgIpc) is 2.69. The Hall–Kier alpha value is -3.16. The highest BCUT2D eigenvalue weighted by Gasteiger charge is 2.19. The zero-order valence-electron chi connectivity index (χ0n) is 15.4. The lowest BCUT2D eigenvalue weighted by atomic mass is 10.0. The van der Waals surface area contributed by atoms with Crippen molar-refractivity contribution in [1.82, 2.24) is 5.32 Å². The van der Waals surface area contributed by atoms with E-state index in [2.05, 4.69) is 5.32 Å². The van der Waals surface area contributed by atoms with E-state index in [1.54, 1.807) is 30.3 Å². The van der Waals surface area contributed by atoms with Crippen LogP contribution in [0.15, 0.2) is 54.6 Å². The molecule has 3 amide bonds. The topological polar surface area (TPSA) is 67.4 Å². The first-order valence-electron chi connectivity index (χ1n) is 8.50. The molecular weight excluding hydrogens is 437 g/mol. The number of carbonyl (C=O) groups excluding carboxylic acids is 2. The van der Waals surface area contributed by atoms with Gasteiger partial charge < -0.3 is 10.1 Å². The molecule has 0 aliphatic heterocycles. The first-order valence-corrected chi connectivity index (χ1v) is 9.25. The van der Waals surface area contributed by atoms with E-state index < -0.39 is 29.1 Å². The first-order chi connectivity index (χ1) is 14.3. The molecule has 0 aliphatic rings. The standard InChI is InChI=1S/C21H14Cl2F2N2O3/c1-30-18-10-12(6-7-13(18)11-5-8-14(22)15(23)9-11)26-21(29)27-20(28)19-16(24)3-2-4-17(19)25/h2-10H,1H3,(H2,26,27,28,29). The lowest BCUT2D eigenvalue weighted by molar-refractivity contribution is 0.0959. The number of rotatable bonds is 4. The lowest BCUT2D eigenvalue weighted by Gasteiger charge is -2.13. The van der Waals surface area contributed by atoms with Gasteiger partial charge in [0, 0.05) is 17.3 Å². The Balaban J connectivity index is 1.77. The van der Waals surface area contributed by atoms with Crippen LogP contribution in [-0.4, -0.2) is 19.0 Å². The molecule has 0 heterocycles. The third kappa shape index (κ3) is 4.69. The van der Waals surface area contributed by atoms with Crippen LogP contribution in [0.5, 0.6) is 5.75 Å². The van der Waals surface area contributed by atoms with Crippen molar-refractivity contribution in [1.29, 1.82) is 0 Å². The van der Waals surface area contributed by atoms with Gasteiger partial charge in [-0.1, -0.05) is 35.3 Å². The minimum Gasteiger partial charge on any atom is -0.496 e. The van der Waals surface area contributed by atoms with Gasteiger partial charge in [0.1, 0.15) is 22.9 Å². The molecule has 3 aromatic rings. The maximum Gasteiger partial charge on any atom is 0.326 e. The largest absolute Gasteiger partial charge is 0.496 e. The van der Waals surface area contributed by atoms with E-state index in [-0.39, 0.29) is 5.69 Å². The van der Waals surface area contributed by atoms with E-state index in [0.29, 0.717) is 21.4 Å². The number of ether oxygens (including phenoxy) is 1. The number of nitrogens with one attached hydrogen (secondary N) is 2. The Labute approximate surface area is 180 Å². The molecule has 0 spiro atoms. The molecule has 3 aromatic carbocycles. The SMILES string of the molecule is COc1cc(NC(=O)NC(=O)c2c(F)cccc2F)ccc1-c1ccc(Cl)c(Cl)c1. The average molecular weight is 451 g/mol. The molecule has 154 valence electrons. The molecule has 5 nitrogen and oxygen atoms in total. The van der Waals surface area contributed by atoms with Crippen LogP contribution < -0.4 is 15.4 Å². The summed E-state index contributed by atoms with van der Waals surface area (Å²) >= 11 is 12.0. The van der Waals surface area contributed by atoms with E-state index >= 15 is 0 Å². The van der Waals surface area contributed by atoms with Gasteiger partial charge in [-0.05, 0) is 42.0 Å². The van der Waals surface area contributed by atoms with Crippen molar-refractivity contribution in [2.45, 2.75) is 0 Å². The van der Waals surface area contributed by atoms with Crippen LogP contribution in [0, 0.1) is 11.6 Å². The zero-order chi connectivity index (χ0) is 21.8. The number of methoxy groups -OCH3 is 1. The third-order valence-electron chi connectivity index (χ3n) is 4.11. The highest BCUT2D eigenvalue weighted by molar-refractivity contribution is 6.42. The number of anilines is 1. The van der Waals surface area contributed by atoms with Crippen molar-refractivity contribution in [2.75, 3.05) is 12.4 Å². The Bertz CT molecular complexity index is 1120. The van der Waals surface area contributed by atoms with Crippen LogP contribution in [-0.2, 0) is 0 Å². The number of carbonyl (C=O) groups is 2. The smallest absolute Gasteiger partial charge is 0.326 e. The summed E-state index contributed by atoms with van der Waals surface area (Å²) in [5.74, 6) is -2.94. The van der Waals surface area contributed by atoms with Gasteiger partial charge in [-0.2, -0.15) is 0 Å². The number of amides is 3. The van der Waals surface area contributed by atoms with Crippen molar-refractivity contribution in [3.05, 3.63) is 81.8 Å². The summed E-state index contributed by atoms with van der Waals surface area (Å²) in [6.45, 7) is 0. The number of halogens is 4. The highest BCUT2D eigenvalue weighted by Crippen LogP contribution is 2.35. The van der Waals surface area contributed by atoms with Gasteiger partial charge in [-0.25, -0.2) is 13.6 Å². The normalized spacial score (nSPS) is 10.4. The van der Waals surface area contributed by atoms with Crippen molar-refractivity contribution in [3.8, 4) is 16.9 Å². The molecule has 0 atom stereocenters. The summed E-state index contributed by atoms with van der Waals surface area (Å²) in [7, 11) is 1.45. The molecule has 0 saturated carbocycles. The third-order valence-corrected chi connectivity index (χ3v) is 4.85. The monoisotopic (exact) mass is 450 g/mol. The minimum atomic E-state index is -1.21. The molecule has 3 rings (SSSR count). The van der Waals surface area contributed by atoms with Gasteiger partial charge in [-0.3, -0.25) is 10.1 Å². The summed E-state index contributed by atoms with van der Waals surface area (Å²) in [5.41, 5.74) is 0.865. The minimum absolute atomic E-state index is 0.287. The summed E-state index contributed by atoms with van der Waals surface area (Å²) < 4.78 is 32.7. The van der Waals surface area contributed by atoms with Gasteiger partial charge in [0.15, 0.2) is 0 Å². The molecule has 0 radical (unpaired) electrons. The van der Waals surface area contributed by atoms with E-state index in [1.807, 2.05) is 5.32 Å². The Morgan fingerprint density at radius 3 is 2.27 bits per heavy atom. The van der Waals surface area contributed by atoms with Crippen molar-refractivity contribution < 1.29 is 23.1 Å². The van der Waals surface area contributed by atoms with E-state index in [9.17, 15) is 18.4 Å². The maximum absolute atomic E-state index is 13.7. The van der Waals surface area contributed by atoms with Gasteiger partial charge in [0.05, 0.1) is 17.2 Å². The predicted molar refractivity (Wildman–Crippen MR) is 111 cm³/mol. The molecule has 0 fully saturated rings. The number of urea groups is 1. The quantitative estimate of drug-likeness (QED) is 0.519. The Morgan fingerprint density at radius 2 is 1.63 bits per heavy atom. The fraction of sp³-hybridized carbons (Fsp3) is 0.0476. The summed E-state index contributed by atoms with van der Waals surface area (Å²) in [6, 6.07) is 11.8. The molecule has 0 aromatic heterocycles. The van der Waals surface area contributed by atoms with Crippen molar-refractivity contribution in [3.63, 3.8) is 0 Å². The van der Waals surface area contributed by atoms with Gasteiger partial charge in [0.2, 0.25) is 0 Å². The Morgan fingerprint density at radius 1 is 0.933 bits per heavy atom. The Kier molecular flexibility index (Phi) is 6.54. The van der Waals surface area contributed by atoms with Crippen LogP contribution in [0.3, 0.4) is 0 Å². The highest BCUT2D eigenvalue weighted by atomic mass is 35.5. The summed E-state index contributed by atoms with van der Waals surface area (Å²) in [6.07, 6.45) is 0. The van der Waals surface area contributed by atoms with Gasteiger partial charge >= 0.3 is 6.03 Å². The van der Waals surface area contributed by atoms with Crippen molar-refractivity contribution >= 4 is 40.8 Å². The second-order valence-electron chi connectivity index (χ2n) is 6.05. The first kappa shape index (κ1) is 21.5. The fourth-order valence-electron chi connectivity index (χ4n) is 2.71. The van der Waals surface area contributed by atoms with E-state index in [1.165, 1.54) is 13.2 Å². The van der Waals surface area contributed by atoms with Crippen molar-refractivity contribution in [2.24, 2.45) is 0 Å². The van der Waals surface area contributed by atoms with Crippen LogP contribution in [0.1, 0.15) is 10.4 Å². The summed E-state index contributed by atoms with van der Waals surface area (Å²) in [4.78, 5) is 24.1. The summed E-state index contributed by atoms with van der Waals surface area (Å²) in [5, 5.41) is 5.07.